The smallest absolute Gasteiger partial charge is 0.319 e. The molecule has 0 aliphatic carbocycles. The van der Waals surface area contributed by atoms with Gasteiger partial charge >= 0.3 is 6.03 Å². The number of rotatable bonds is 3. The molecule has 2 rings (SSSR count). The molecule has 7 heteroatoms. The monoisotopic (exact) mass is 267 g/mol. The average Bonchev–Trinajstić information content (AvgIpc) is 2.82. The first-order valence-corrected chi connectivity index (χ1v) is 6.55. The number of carbonyl (C=O) groups is 1. The summed E-state index contributed by atoms with van der Waals surface area (Å²) in [6, 6.07) is 0.497. The van der Waals surface area contributed by atoms with Crippen molar-refractivity contribution in [1.29, 1.82) is 0 Å². The Bertz CT molecular complexity index is 424. The number of piperidine rings is 1. The molecule has 0 aromatic carbocycles. The summed E-state index contributed by atoms with van der Waals surface area (Å²) in [4.78, 5) is 19.4. The van der Waals surface area contributed by atoms with Crippen molar-refractivity contribution in [1.82, 2.24) is 25.3 Å². The van der Waals surface area contributed by atoms with Gasteiger partial charge in [0.05, 0.1) is 6.54 Å². The van der Waals surface area contributed by atoms with E-state index in [9.17, 15) is 4.79 Å². The fourth-order valence-electron chi connectivity index (χ4n) is 2.21. The molecule has 0 saturated carbocycles. The van der Waals surface area contributed by atoms with Crippen molar-refractivity contribution < 1.29 is 9.32 Å². The lowest BCUT2D eigenvalue weighted by molar-refractivity contribution is 0.152. The first kappa shape index (κ1) is 13.8. The second-order valence-corrected chi connectivity index (χ2v) is 5.05. The number of aryl methyl sites for hydroxylation is 1. The van der Waals surface area contributed by atoms with Crippen LogP contribution in [0.25, 0.3) is 0 Å². The lowest BCUT2D eigenvalue weighted by Gasteiger charge is -2.33. The van der Waals surface area contributed by atoms with Crippen molar-refractivity contribution in [2.45, 2.75) is 32.4 Å². The summed E-state index contributed by atoms with van der Waals surface area (Å²) >= 11 is 0. The van der Waals surface area contributed by atoms with Crippen molar-refractivity contribution in [3.8, 4) is 0 Å². The summed E-state index contributed by atoms with van der Waals surface area (Å²) in [6.45, 7) is 3.98. The summed E-state index contributed by atoms with van der Waals surface area (Å²) in [5.74, 6) is 1.27. The molecule has 1 N–H and O–H groups in total. The molecule has 0 bridgehead atoms. The van der Waals surface area contributed by atoms with Crippen LogP contribution in [0.2, 0.25) is 0 Å². The highest BCUT2D eigenvalue weighted by atomic mass is 16.5. The quantitative estimate of drug-likeness (QED) is 0.868. The Hall–Kier alpha value is -1.63. The number of carbonyl (C=O) groups excluding carboxylic acids is 1. The van der Waals surface area contributed by atoms with Crippen molar-refractivity contribution in [3.05, 3.63) is 11.7 Å². The Labute approximate surface area is 112 Å². The lowest BCUT2D eigenvalue weighted by atomic mass is 10.1. The van der Waals surface area contributed by atoms with Crippen LogP contribution in [0.4, 0.5) is 4.79 Å². The van der Waals surface area contributed by atoms with Crippen LogP contribution < -0.4 is 5.32 Å². The van der Waals surface area contributed by atoms with Gasteiger partial charge in [0.25, 0.3) is 0 Å². The van der Waals surface area contributed by atoms with Crippen molar-refractivity contribution in [2.75, 3.05) is 27.2 Å². The molecule has 1 aromatic heterocycles. The van der Waals surface area contributed by atoms with Gasteiger partial charge in [0.15, 0.2) is 5.82 Å². The van der Waals surface area contributed by atoms with E-state index in [1.54, 1.807) is 25.9 Å². The van der Waals surface area contributed by atoms with Crippen LogP contribution in [-0.2, 0) is 6.54 Å². The van der Waals surface area contributed by atoms with Gasteiger partial charge in [-0.05, 0) is 12.8 Å². The summed E-state index contributed by atoms with van der Waals surface area (Å²) in [7, 11) is 3.57. The van der Waals surface area contributed by atoms with E-state index in [1.807, 2.05) is 4.90 Å². The highest BCUT2D eigenvalue weighted by molar-refractivity contribution is 5.73. The molecule has 1 aromatic rings. The second kappa shape index (κ2) is 6.01. The number of likely N-dealkylation sites (tertiary alicyclic amines) is 1. The third-order valence-electron chi connectivity index (χ3n) is 3.27. The predicted octanol–water partition coefficient (Wildman–Crippen LogP) is 0.614. The van der Waals surface area contributed by atoms with Crippen LogP contribution in [0, 0.1) is 6.92 Å². The fraction of sp³-hybridized carbons (Fsp3) is 0.750. The summed E-state index contributed by atoms with van der Waals surface area (Å²) < 4.78 is 4.92. The lowest BCUT2D eigenvalue weighted by Crippen LogP contribution is -2.47. The highest BCUT2D eigenvalue weighted by Gasteiger charge is 2.23. The molecule has 0 radical (unpaired) electrons. The van der Waals surface area contributed by atoms with E-state index in [0.29, 0.717) is 24.3 Å². The van der Waals surface area contributed by atoms with Crippen LogP contribution in [0.5, 0.6) is 0 Å². The van der Waals surface area contributed by atoms with Crippen LogP contribution in [0.1, 0.15) is 24.6 Å². The molecule has 0 atom stereocenters. The maximum absolute atomic E-state index is 11.8. The minimum atomic E-state index is 0.0900. The largest absolute Gasteiger partial charge is 0.340 e. The molecule has 0 unspecified atom stereocenters. The van der Waals surface area contributed by atoms with E-state index < -0.39 is 0 Å². The summed E-state index contributed by atoms with van der Waals surface area (Å²) in [6.07, 6.45) is 1.91. The third-order valence-corrected chi connectivity index (χ3v) is 3.27. The maximum Gasteiger partial charge on any atom is 0.319 e. The Morgan fingerprint density at radius 3 is 2.68 bits per heavy atom. The van der Waals surface area contributed by atoms with Gasteiger partial charge in [-0.3, -0.25) is 0 Å². The molecule has 2 amide bonds. The molecule has 106 valence electrons. The van der Waals surface area contributed by atoms with Crippen molar-refractivity contribution in [2.24, 2.45) is 0 Å². The van der Waals surface area contributed by atoms with Gasteiger partial charge in [-0.1, -0.05) is 5.16 Å². The highest BCUT2D eigenvalue weighted by Crippen LogP contribution is 2.12. The van der Waals surface area contributed by atoms with Gasteiger partial charge in [0.2, 0.25) is 5.89 Å². The van der Waals surface area contributed by atoms with E-state index in [4.69, 9.17) is 4.52 Å². The van der Waals surface area contributed by atoms with Crippen molar-refractivity contribution in [3.63, 3.8) is 0 Å². The molecular formula is C12H21N5O2. The third kappa shape index (κ3) is 3.66. The molecule has 0 spiro atoms. The zero-order valence-electron chi connectivity index (χ0n) is 11.7. The molecule has 7 nitrogen and oxygen atoms in total. The Morgan fingerprint density at radius 2 is 2.16 bits per heavy atom. The van der Waals surface area contributed by atoms with Gasteiger partial charge < -0.3 is 19.6 Å². The van der Waals surface area contributed by atoms with Crippen LogP contribution in [0.15, 0.2) is 4.52 Å². The number of hydrogen-bond donors (Lipinski definition) is 1. The normalized spacial score (nSPS) is 16.7. The van der Waals surface area contributed by atoms with Gasteiger partial charge in [-0.2, -0.15) is 4.98 Å². The molecule has 1 fully saturated rings. The molecule has 1 aliphatic rings. The minimum absolute atomic E-state index is 0.0900. The number of amides is 2. The molecular weight excluding hydrogens is 246 g/mol. The fourth-order valence-corrected chi connectivity index (χ4v) is 2.21. The van der Waals surface area contributed by atoms with E-state index in [0.717, 1.165) is 25.9 Å². The Kier molecular flexibility index (Phi) is 4.36. The number of hydrogen-bond acceptors (Lipinski definition) is 5. The Balaban J connectivity index is 1.73. The molecule has 1 saturated heterocycles. The topological polar surface area (TPSA) is 74.5 Å². The van der Waals surface area contributed by atoms with Crippen LogP contribution >= 0.6 is 0 Å². The van der Waals surface area contributed by atoms with E-state index >= 15 is 0 Å². The van der Waals surface area contributed by atoms with E-state index in [1.165, 1.54) is 0 Å². The van der Waals surface area contributed by atoms with Gasteiger partial charge in [0, 0.05) is 40.2 Å². The Morgan fingerprint density at radius 1 is 1.47 bits per heavy atom. The van der Waals surface area contributed by atoms with Crippen LogP contribution in [0.3, 0.4) is 0 Å². The molecule has 1 aliphatic heterocycles. The SMILES string of the molecule is Cc1nc(CNC2CCN(C(=O)N(C)C)CC2)no1. The summed E-state index contributed by atoms with van der Waals surface area (Å²) in [5, 5.41) is 7.25. The average molecular weight is 267 g/mol. The number of aromatic nitrogens is 2. The van der Waals surface area contributed by atoms with E-state index in [2.05, 4.69) is 15.5 Å². The number of nitrogens with one attached hydrogen (secondary N) is 1. The molecule has 2 heterocycles. The van der Waals surface area contributed by atoms with Crippen LogP contribution in [-0.4, -0.2) is 59.2 Å². The van der Waals surface area contributed by atoms with E-state index in [-0.39, 0.29) is 6.03 Å². The predicted molar refractivity (Wildman–Crippen MR) is 69.6 cm³/mol. The maximum atomic E-state index is 11.8. The second-order valence-electron chi connectivity index (χ2n) is 5.05. The molecule has 19 heavy (non-hydrogen) atoms. The van der Waals surface area contributed by atoms with Gasteiger partial charge in [-0.15, -0.1) is 0 Å². The van der Waals surface area contributed by atoms with Gasteiger partial charge in [0.1, 0.15) is 0 Å². The minimum Gasteiger partial charge on any atom is -0.340 e. The van der Waals surface area contributed by atoms with Gasteiger partial charge in [-0.25, -0.2) is 4.79 Å². The number of nitrogens with zero attached hydrogens (tertiary/aromatic N) is 4. The first-order valence-electron chi connectivity index (χ1n) is 6.55. The number of urea groups is 1. The zero-order chi connectivity index (χ0) is 13.8. The summed E-state index contributed by atoms with van der Waals surface area (Å²) in [5.41, 5.74) is 0. The van der Waals surface area contributed by atoms with Crippen molar-refractivity contribution >= 4 is 6.03 Å². The first-order chi connectivity index (χ1) is 9.06. The zero-order valence-corrected chi connectivity index (χ0v) is 11.7. The standard InChI is InChI=1S/C12H21N5O2/c1-9-14-11(15-19-9)8-13-10-4-6-17(7-5-10)12(18)16(2)3/h10,13H,4-8H2,1-3H3.